The Morgan fingerprint density at radius 2 is 1.53 bits per heavy atom. The van der Waals surface area contributed by atoms with Gasteiger partial charge in [0.15, 0.2) is 5.78 Å². The number of hydrogen-bond donors (Lipinski definition) is 2. The molecule has 4 nitrogen and oxygen atoms in total. The highest BCUT2D eigenvalue weighted by Gasteiger charge is 2.39. The van der Waals surface area contributed by atoms with Crippen molar-refractivity contribution in [1.82, 2.24) is 0 Å². The van der Waals surface area contributed by atoms with Crippen molar-refractivity contribution < 1.29 is 14.6 Å². The number of carbonyl (C=O) groups excluding carboxylic acids is 1. The standard InChI is InChI=1S/C26H27NO3/c27-23-13-10-20(11-14-23)19-6-8-21(9-7-19)25(28)24-15-12-22(26(24)29)17-30-16-18-4-2-1-3-5-18/h1-11,13-14,22,24,26,29H,12,15-17,27H2/t22?,24-,26?/m1/s1. The fourth-order valence-corrected chi connectivity index (χ4v) is 4.15. The summed E-state index contributed by atoms with van der Waals surface area (Å²) in [5.41, 5.74) is 10.3. The molecule has 0 aromatic heterocycles. The first kappa shape index (κ1) is 20.3. The first-order valence-electron chi connectivity index (χ1n) is 10.4. The topological polar surface area (TPSA) is 72.6 Å². The number of nitrogens with two attached hydrogens (primary N) is 1. The second-order valence-corrected chi connectivity index (χ2v) is 8.00. The minimum absolute atomic E-state index is 0.00304. The molecule has 3 N–H and O–H groups in total. The van der Waals surface area contributed by atoms with Crippen LogP contribution in [-0.2, 0) is 11.3 Å². The Labute approximate surface area is 177 Å². The lowest BCUT2D eigenvalue weighted by Crippen LogP contribution is -2.29. The van der Waals surface area contributed by atoms with Crippen LogP contribution in [0.15, 0.2) is 78.9 Å². The Balaban J connectivity index is 1.34. The molecule has 3 aromatic carbocycles. The van der Waals surface area contributed by atoms with E-state index in [1.807, 2.05) is 78.9 Å². The zero-order valence-electron chi connectivity index (χ0n) is 16.9. The molecule has 4 heteroatoms. The average Bonchev–Trinajstić information content (AvgIpc) is 3.15. The van der Waals surface area contributed by atoms with Crippen molar-refractivity contribution >= 4 is 11.5 Å². The van der Waals surface area contributed by atoms with Gasteiger partial charge in [-0.05, 0) is 41.7 Å². The number of aliphatic hydroxyl groups excluding tert-OH is 1. The van der Waals surface area contributed by atoms with Crippen LogP contribution >= 0.6 is 0 Å². The summed E-state index contributed by atoms with van der Waals surface area (Å²) in [5.74, 6) is -0.355. The zero-order chi connectivity index (χ0) is 20.9. The predicted octanol–water partition coefficient (Wildman–Crippen LogP) is 4.72. The number of aliphatic hydroxyl groups is 1. The Morgan fingerprint density at radius 1 is 0.900 bits per heavy atom. The number of carbonyl (C=O) groups is 1. The minimum Gasteiger partial charge on any atom is -0.399 e. The average molecular weight is 402 g/mol. The Morgan fingerprint density at radius 3 is 2.20 bits per heavy atom. The summed E-state index contributed by atoms with van der Waals surface area (Å²) >= 11 is 0. The van der Waals surface area contributed by atoms with Crippen molar-refractivity contribution in [2.75, 3.05) is 12.3 Å². The highest BCUT2D eigenvalue weighted by Crippen LogP contribution is 2.34. The van der Waals surface area contributed by atoms with Crippen LogP contribution in [0.2, 0.25) is 0 Å². The zero-order valence-corrected chi connectivity index (χ0v) is 16.9. The van der Waals surface area contributed by atoms with Crippen molar-refractivity contribution in [2.24, 2.45) is 11.8 Å². The fraction of sp³-hybridized carbons (Fsp3) is 0.269. The molecule has 1 fully saturated rings. The molecule has 30 heavy (non-hydrogen) atoms. The number of ether oxygens (including phenoxy) is 1. The van der Waals surface area contributed by atoms with Gasteiger partial charge >= 0.3 is 0 Å². The molecule has 4 rings (SSSR count). The van der Waals surface area contributed by atoms with Crippen LogP contribution in [0.5, 0.6) is 0 Å². The van der Waals surface area contributed by atoms with E-state index in [0.717, 1.165) is 28.8 Å². The second kappa shape index (κ2) is 9.24. The van der Waals surface area contributed by atoms with Crippen LogP contribution in [0, 0.1) is 11.8 Å². The van der Waals surface area contributed by atoms with Gasteiger partial charge in [-0.25, -0.2) is 0 Å². The first-order chi connectivity index (χ1) is 14.6. The number of ketones is 1. The molecule has 154 valence electrons. The lowest BCUT2D eigenvalue weighted by atomic mass is 9.92. The highest BCUT2D eigenvalue weighted by molar-refractivity contribution is 5.98. The van der Waals surface area contributed by atoms with Gasteiger partial charge in [0.05, 0.1) is 19.3 Å². The number of anilines is 1. The molecule has 3 atom stereocenters. The largest absolute Gasteiger partial charge is 0.399 e. The molecule has 1 saturated carbocycles. The molecule has 1 aliphatic carbocycles. The minimum atomic E-state index is -0.662. The van der Waals surface area contributed by atoms with Crippen molar-refractivity contribution in [3.63, 3.8) is 0 Å². The molecule has 0 saturated heterocycles. The number of benzene rings is 3. The molecule has 0 bridgehead atoms. The summed E-state index contributed by atoms with van der Waals surface area (Å²) in [6, 6.07) is 25.2. The molecule has 0 spiro atoms. The molecule has 0 amide bonds. The summed E-state index contributed by atoms with van der Waals surface area (Å²) in [7, 11) is 0. The van der Waals surface area contributed by atoms with E-state index < -0.39 is 6.10 Å². The SMILES string of the molecule is Nc1ccc(-c2ccc(C(=O)[C@H]3CCC(COCc4ccccc4)C3O)cc2)cc1. The van der Waals surface area contributed by atoms with Gasteiger partial charge in [-0.3, -0.25) is 4.79 Å². The summed E-state index contributed by atoms with van der Waals surface area (Å²) in [4.78, 5) is 13.0. The Kier molecular flexibility index (Phi) is 6.26. The fourth-order valence-electron chi connectivity index (χ4n) is 4.15. The van der Waals surface area contributed by atoms with Crippen molar-refractivity contribution in [1.29, 1.82) is 0 Å². The van der Waals surface area contributed by atoms with E-state index >= 15 is 0 Å². The molecular weight excluding hydrogens is 374 g/mol. The third kappa shape index (κ3) is 4.61. The molecule has 3 aromatic rings. The molecule has 0 heterocycles. The first-order valence-corrected chi connectivity index (χ1v) is 10.4. The van der Waals surface area contributed by atoms with Gasteiger partial charge in [-0.2, -0.15) is 0 Å². The van der Waals surface area contributed by atoms with Gasteiger partial charge in [0, 0.05) is 23.1 Å². The molecule has 0 radical (unpaired) electrons. The van der Waals surface area contributed by atoms with E-state index in [1.54, 1.807) is 0 Å². The lowest BCUT2D eigenvalue weighted by molar-refractivity contribution is 0.0219. The van der Waals surface area contributed by atoms with Gasteiger partial charge in [0.25, 0.3) is 0 Å². The number of rotatable bonds is 7. The predicted molar refractivity (Wildman–Crippen MR) is 119 cm³/mol. The third-order valence-corrected chi connectivity index (χ3v) is 5.94. The number of hydrogen-bond acceptors (Lipinski definition) is 4. The highest BCUT2D eigenvalue weighted by atomic mass is 16.5. The van der Waals surface area contributed by atoms with E-state index in [0.29, 0.717) is 25.2 Å². The second-order valence-electron chi connectivity index (χ2n) is 8.00. The van der Waals surface area contributed by atoms with Crippen LogP contribution in [-0.4, -0.2) is 23.6 Å². The smallest absolute Gasteiger partial charge is 0.168 e. The van der Waals surface area contributed by atoms with E-state index in [9.17, 15) is 9.90 Å². The van der Waals surface area contributed by atoms with Crippen LogP contribution < -0.4 is 5.73 Å². The summed E-state index contributed by atoms with van der Waals surface area (Å²) in [6.07, 6.45) is 0.833. The van der Waals surface area contributed by atoms with Gasteiger partial charge in [-0.15, -0.1) is 0 Å². The van der Waals surface area contributed by atoms with Crippen molar-refractivity contribution in [3.8, 4) is 11.1 Å². The maximum Gasteiger partial charge on any atom is 0.168 e. The maximum atomic E-state index is 13.0. The summed E-state index contributed by atoms with van der Waals surface area (Å²) in [5, 5.41) is 10.7. The van der Waals surface area contributed by atoms with E-state index in [2.05, 4.69) is 0 Å². The van der Waals surface area contributed by atoms with Crippen molar-refractivity contribution in [2.45, 2.75) is 25.6 Å². The lowest BCUT2D eigenvalue weighted by Gasteiger charge is -2.19. The number of Topliss-reactive ketones (excluding diaryl/α,β-unsaturated/α-hetero) is 1. The normalized spacial score (nSPS) is 20.9. The van der Waals surface area contributed by atoms with E-state index in [-0.39, 0.29) is 17.6 Å². The van der Waals surface area contributed by atoms with Gasteiger partial charge in [0.2, 0.25) is 0 Å². The van der Waals surface area contributed by atoms with E-state index in [4.69, 9.17) is 10.5 Å². The van der Waals surface area contributed by atoms with Crippen LogP contribution in [0.4, 0.5) is 5.69 Å². The third-order valence-electron chi connectivity index (χ3n) is 5.94. The summed E-state index contributed by atoms with van der Waals surface area (Å²) in [6.45, 7) is 0.991. The number of nitrogen functional groups attached to an aromatic ring is 1. The molecule has 1 aliphatic rings. The van der Waals surface area contributed by atoms with Gasteiger partial charge in [-0.1, -0.05) is 66.7 Å². The quantitative estimate of drug-likeness (QED) is 0.444. The van der Waals surface area contributed by atoms with Crippen LogP contribution in [0.25, 0.3) is 11.1 Å². The van der Waals surface area contributed by atoms with Gasteiger partial charge < -0.3 is 15.6 Å². The van der Waals surface area contributed by atoms with Gasteiger partial charge in [0.1, 0.15) is 0 Å². The van der Waals surface area contributed by atoms with Crippen LogP contribution in [0.3, 0.4) is 0 Å². The Hall–Kier alpha value is -2.95. The van der Waals surface area contributed by atoms with E-state index in [1.165, 1.54) is 0 Å². The molecule has 0 aliphatic heterocycles. The molecule has 2 unspecified atom stereocenters. The van der Waals surface area contributed by atoms with Crippen LogP contribution in [0.1, 0.15) is 28.8 Å². The summed E-state index contributed by atoms with van der Waals surface area (Å²) < 4.78 is 5.80. The monoisotopic (exact) mass is 401 g/mol. The Bertz CT molecular complexity index is 967. The van der Waals surface area contributed by atoms with Crippen molar-refractivity contribution in [3.05, 3.63) is 90.0 Å². The molecular formula is C26H27NO3. The maximum absolute atomic E-state index is 13.0.